The lowest BCUT2D eigenvalue weighted by Crippen LogP contribution is -2.24. The quantitative estimate of drug-likeness (QED) is 0.572. The van der Waals surface area contributed by atoms with Crippen LogP contribution in [0.5, 0.6) is 0 Å². The summed E-state index contributed by atoms with van der Waals surface area (Å²) < 4.78 is 42.5. The summed E-state index contributed by atoms with van der Waals surface area (Å²) in [6.07, 6.45) is 0. The van der Waals surface area contributed by atoms with Gasteiger partial charge in [-0.1, -0.05) is 46.3 Å². The van der Waals surface area contributed by atoms with Crippen molar-refractivity contribution in [3.8, 4) is 0 Å². The molecule has 0 atom stereocenters. The van der Waals surface area contributed by atoms with Crippen LogP contribution in [0.15, 0.2) is 82.2 Å². The molecule has 0 spiro atoms. The molecule has 2 N–H and O–H groups in total. The van der Waals surface area contributed by atoms with E-state index in [1.807, 2.05) is 6.07 Å². The molecule has 1 amide bonds. The Kier molecular flexibility index (Phi) is 6.23. The highest BCUT2D eigenvalue weighted by molar-refractivity contribution is 9.10. The number of hydrogen-bond donors (Lipinski definition) is 2. The average Bonchev–Trinajstić information content (AvgIpc) is 2.69. The number of sulfonamides is 1. The average molecular weight is 463 g/mol. The van der Waals surface area contributed by atoms with Crippen LogP contribution >= 0.6 is 15.9 Å². The molecule has 0 unspecified atom stereocenters. The molecule has 3 aromatic rings. The Hall–Kier alpha value is -2.55. The maximum atomic E-state index is 14.1. The Morgan fingerprint density at radius 1 is 0.964 bits per heavy atom. The van der Waals surface area contributed by atoms with Gasteiger partial charge >= 0.3 is 0 Å². The summed E-state index contributed by atoms with van der Waals surface area (Å²) in [4.78, 5) is 12.2. The van der Waals surface area contributed by atoms with Gasteiger partial charge in [-0.05, 0) is 48.0 Å². The van der Waals surface area contributed by atoms with Gasteiger partial charge in [0.05, 0.1) is 10.5 Å². The molecular weight excluding hydrogens is 447 g/mol. The van der Waals surface area contributed by atoms with Gasteiger partial charge in [0.15, 0.2) is 0 Å². The summed E-state index contributed by atoms with van der Waals surface area (Å²) in [5, 5.41) is 2.55. The minimum atomic E-state index is -3.91. The number of nitrogens with one attached hydrogen (secondary N) is 2. The van der Waals surface area contributed by atoms with Gasteiger partial charge in [0.2, 0.25) is 10.0 Å². The second kappa shape index (κ2) is 8.64. The number of hydrogen-bond acceptors (Lipinski definition) is 3. The van der Waals surface area contributed by atoms with Crippen LogP contribution in [0, 0.1) is 5.82 Å². The third-order valence-corrected chi connectivity index (χ3v) is 5.83. The summed E-state index contributed by atoms with van der Waals surface area (Å²) in [5.41, 5.74) is 0.884. The highest BCUT2D eigenvalue weighted by atomic mass is 79.9. The van der Waals surface area contributed by atoms with Gasteiger partial charge in [-0.25, -0.2) is 17.5 Å². The first-order valence-electron chi connectivity index (χ1n) is 8.25. The van der Waals surface area contributed by atoms with Crippen molar-refractivity contribution >= 4 is 37.5 Å². The first kappa shape index (κ1) is 20.2. The van der Waals surface area contributed by atoms with Gasteiger partial charge in [-0.3, -0.25) is 4.79 Å². The summed E-state index contributed by atoms with van der Waals surface area (Å²) in [7, 11) is -3.91. The first-order valence-corrected chi connectivity index (χ1v) is 10.5. The maximum absolute atomic E-state index is 14.1. The molecule has 144 valence electrons. The SMILES string of the molecule is O=C(Nc1ccc(Br)cc1)c1cc(S(=O)(=O)NCc2ccccc2)ccc1F. The second-order valence-electron chi connectivity index (χ2n) is 5.91. The largest absolute Gasteiger partial charge is 0.322 e. The second-order valence-corrected chi connectivity index (χ2v) is 8.60. The monoisotopic (exact) mass is 462 g/mol. The van der Waals surface area contributed by atoms with Crippen molar-refractivity contribution in [2.45, 2.75) is 11.4 Å². The summed E-state index contributed by atoms with van der Waals surface area (Å²) >= 11 is 3.28. The molecule has 3 rings (SSSR count). The van der Waals surface area contributed by atoms with Crippen LogP contribution in [-0.4, -0.2) is 14.3 Å². The van der Waals surface area contributed by atoms with Crippen molar-refractivity contribution in [3.63, 3.8) is 0 Å². The van der Waals surface area contributed by atoms with Gasteiger partial charge < -0.3 is 5.32 Å². The highest BCUT2D eigenvalue weighted by Crippen LogP contribution is 2.19. The number of anilines is 1. The smallest absolute Gasteiger partial charge is 0.258 e. The Morgan fingerprint density at radius 2 is 1.64 bits per heavy atom. The van der Waals surface area contributed by atoms with Crippen LogP contribution in [-0.2, 0) is 16.6 Å². The molecule has 8 heteroatoms. The van der Waals surface area contributed by atoms with E-state index in [2.05, 4.69) is 26.0 Å². The molecule has 3 aromatic carbocycles. The molecule has 28 heavy (non-hydrogen) atoms. The Morgan fingerprint density at radius 3 is 2.32 bits per heavy atom. The molecular formula is C20H16BrFN2O3S. The van der Waals surface area contributed by atoms with Crippen LogP contribution in [0.4, 0.5) is 10.1 Å². The molecule has 5 nitrogen and oxygen atoms in total. The standard InChI is InChI=1S/C20H16BrFN2O3S/c21-15-6-8-16(9-7-15)24-20(25)18-12-17(10-11-19(18)22)28(26,27)23-13-14-4-2-1-3-5-14/h1-12,23H,13H2,(H,24,25). The van der Waals surface area contributed by atoms with Crippen molar-refractivity contribution < 1.29 is 17.6 Å². The first-order chi connectivity index (χ1) is 13.3. The minimum absolute atomic E-state index is 0.0843. The van der Waals surface area contributed by atoms with E-state index < -0.39 is 21.7 Å². The lowest BCUT2D eigenvalue weighted by Gasteiger charge is -2.10. The van der Waals surface area contributed by atoms with E-state index in [-0.39, 0.29) is 17.0 Å². The lowest BCUT2D eigenvalue weighted by atomic mass is 10.2. The zero-order valence-corrected chi connectivity index (χ0v) is 16.9. The van der Waals surface area contributed by atoms with E-state index in [1.165, 1.54) is 0 Å². The predicted molar refractivity (Wildman–Crippen MR) is 109 cm³/mol. The molecule has 0 radical (unpaired) electrons. The van der Waals surface area contributed by atoms with Crippen molar-refractivity contribution in [3.05, 3.63) is 94.2 Å². The van der Waals surface area contributed by atoms with E-state index in [0.29, 0.717) is 5.69 Å². The van der Waals surface area contributed by atoms with E-state index in [4.69, 9.17) is 0 Å². The topological polar surface area (TPSA) is 75.3 Å². The van der Waals surface area contributed by atoms with Crippen molar-refractivity contribution in [2.75, 3.05) is 5.32 Å². The van der Waals surface area contributed by atoms with E-state index in [1.54, 1.807) is 48.5 Å². The van der Waals surface area contributed by atoms with Gasteiger partial charge in [-0.2, -0.15) is 0 Å². The number of rotatable bonds is 6. The van der Waals surface area contributed by atoms with Crippen LogP contribution < -0.4 is 10.0 Å². The van der Waals surface area contributed by atoms with E-state index >= 15 is 0 Å². The van der Waals surface area contributed by atoms with E-state index in [9.17, 15) is 17.6 Å². The van der Waals surface area contributed by atoms with Gasteiger partial charge in [0.1, 0.15) is 5.82 Å². The molecule has 0 aromatic heterocycles. The third kappa shape index (κ3) is 5.03. The number of carbonyl (C=O) groups is 1. The number of amides is 1. The molecule has 0 aliphatic heterocycles. The van der Waals surface area contributed by atoms with Crippen molar-refractivity contribution in [1.82, 2.24) is 4.72 Å². The highest BCUT2D eigenvalue weighted by Gasteiger charge is 2.19. The molecule has 0 aliphatic rings. The fourth-order valence-electron chi connectivity index (χ4n) is 2.43. The molecule has 0 aliphatic carbocycles. The van der Waals surface area contributed by atoms with Crippen molar-refractivity contribution in [2.24, 2.45) is 0 Å². The van der Waals surface area contributed by atoms with Crippen LogP contribution in [0.2, 0.25) is 0 Å². The molecule has 0 saturated heterocycles. The molecule has 0 fully saturated rings. The number of carbonyl (C=O) groups excluding carboxylic acids is 1. The minimum Gasteiger partial charge on any atom is -0.322 e. The molecule has 0 bridgehead atoms. The lowest BCUT2D eigenvalue weighted by molar-refractivity contribution is 0.102. The normalized spacial score (nSPS) is 11.2. The molecule has 0 saturated carbocycles. The zero-order valence-electron chi connectivity index (χ0n) is 14.5. The van der Waals surface area contributed by atoms with Gasteiger partial charge in [0, 0.05) is 16.7 Å². The van der Waals surface area contributed by atoms with Crippen LogP contribution in [0.1, 0.15) is 15.9 Å². The fourth-order valence-corrected chi connectivity index (χ4v) is 3.74. The van der Waals surface area contributed by atoms with Crippen LogP contribution in [0.25, 0.3) is 0 Å². The summed E-state index contributed by atoms with van der Waals surface area (Å²) in [6, 6.07) is 18.8. The Bertz CT molecular complexity index is 1090. The van der Waals surface area contributed by atoms with E-state index in [0.717, 1.165) is 28.2 Å². The predicted octanol–water partition coefficient (Wildman–Crippen LogP) is 4.32. The number of benzene rings is 3. The zero-order chi connectivity index (χ0) is 20.1. The molecule has 0 heterocycles. The Labute approximate surface area is 170 Å². The van der Waals surface area contributed by atoms with Gasteiger partial charge in [0.25, 0.3) is 5.91 Å². The summed E-state index contributed by atoms with van der Waals surface area (Å²) in [5.74, 6) is -1.54. The maximum Gasteiger partial charge on any atom is 0.258 e. The third-order valence-electron chi connectivity index (χ3n) is 3.90. The Balaban J connectivity index is 1.79. The van der Waals surface area contributed by atoms with Crippen molar-refractivity contribution in [1.29, 1.82) is 0 Å². The summed E-state index contributed by atoms with van der Waals surface area (Å²) in [6.45, 7) is 0.0843. The fraction of sp³-hybridized carbons (Fsp3) is 0.0500. The van der Waals surface area contributed by atoms with Gasteiger partial charge in [-0.15, -0.1) is 0 Å². The van der Waals surface area contributed by atoms with Crippen LogP contribution in [0.3, 0.4) is 0 Å². The number of halogens is 2.